The second kappa shape index (κ2) is 6.03. The average molecular weight is 307 g/mol. The number of carbonyl (C=O) groups is 1. The molecule has 0 saturated carbocycles. The van der Waals surface area contributed by atoms with Gasteiger partial charge in [-0.1, -0.05) is 0 Å². The second-order valence-corrected chi connectivity index (χ2v) is 6.78. The van der Waals surface area contributed by atoms with Crippen LogP contribution in [0.25, 0.3) is 0 Å². The molecule has 3 rings (SSSR count). The van der Waals surface area contributed by atoms with Gasteiger partial charge in [0.15, 0.2) is 0 Å². The number of hydrogen-bond acceptors (Lipinski definition) is 5. The highest BCUT2D eigenvalue weighted by atomic mass is 32.1. The number of piperazine rings is 1. The molecule has 20 heavy (non-hydrogen) atoms. The summed E-state index contributed by atoms with van der Waals surface area (Å²) < 4.78 is 0. The average Bonchev–Trinajstić information content (AvgIpc) is 3.11. The summed E-state index contributed by atoms with van der Waals surface area (Å²) in [6.07, 6.45) is 0. The highest BCUT2D eigenvalue weighted by Crippen LogP contribution is 2.14. The first-order valence-corrected chi connectivity index (χ1v) is 8.49. The molecule has 0 radical (unpaired) electrons. The molecule has 1 amide bonds. The molecule has 6 heteroatoms. The van der Waals surface area contributed by atoms with E-state index in [-0.39, 0.29) is 5.91 Å². The van der Waals surface area contributed by atoms with E-state index in [2.05, 4.69) is 15.3 Å². The van der Waals surface area contributed by atoms with E-state index in [0.29, 0.717) is 0 Å². The fourth-order valence-electron chi connectivity index (χ4n) is 2.39. The van der Waals surface area contributed by atoms with Crippen molar-refractivity contribution in [1.29, 1.82) is 0 Å². The molecule has 0 atom stereocenters. The normalized spacial score (nSPS) is 16.6. The number of nitrogens with zero attached hydrogens (tertiary/aromatic N) is 3. The minimum absolute atomic E-state index is 0.162. The molecule has 1 aliphatic rings. The van der Waals surface area contributed by atoms with Gasteiger partial charge in [0.05, 0.1) is 16.3 Å². The highest BCUT2D eigenvalue weighted by molar-refractivity contribution is 7.09. The van der Waals surface area contributed by atoms with E-state index >= 15 is 0 Å². The summed E-state index contributed by atoms with van der Waals surface area (Å²) in [6, 6.07) is 1.90. The van der Waals surface area contributed by atoms with Crippen LogP contribution in [-0.2, 0) is 6.54 Å². The van der Waals surface area contributed by atoms with E-state index in [1.807, 2.05) is 28.7 Å². The molecule has 1 saturated heterocycles. The lowest BCUT2D eigenvalue weighted by Crippen LogP contribution is -2.48. The zero-order chi connectivity index (χ0) is 13.9. The van der Waals surface area contributed by atoms with Crippen molar-refractivity contribution in [3.05, 3.63) is 38.5 Å². The smallest absolute Gasteiger partial charge is 0.254 e. The number of rotatable bonds is 3. The van der Waals surface area contributed by atoms with Gasteiger partial charge in [0.2, 0.25) is 0 Å². The van der Waals surface area contributed by atoms with Crippen LogP contribution in [-0.4, -0.2) is 46.9 Å². The van der Waals surface area contributed by atoms with Gasteiger partial charge in [0, 0.05) is 43.5 Å². The summed E-state index contributed by atoms with van der Waals surface area (Å²) in [5.41, 5.74) is 1.96. The zero-order valence-corrected chi connectivity index (χ0v) is 13.0. The number of amides is 1. The van der Waals surface area contributed by atoms with Gasteiger partial charge in [-0.05, 0) is 18.4 Å². The Morgan fingerprint density at radius 1 is 1.30 bits per heavy atom. The Bertz CT molecular complexity index is 571. The third-order valence-electron chi connectivity index (χ3n) is 3.48. The maximum Gasteiger partial charge on any atom is 0.254 e. The Balaban J connectivity index is 1.53. The van der Waals surface area contributed by atoms with E-state index in [4.69, 9.17) is 0 Å². The lowest BCUT2D eigenvalue weighted by atomic mass is 10.2. The topological polar surface area (TPSA) is 36.4 Å². The van der Waals surface area contributed by atoms with Crippen LogP contribution in [0.5, 0.6) is 0 Å². The summed E-state index contributed by atoms with van der Waals surface area (Å²) in [4.78, 5) is 21.0. The van der Waals surface area contributed by atoms with Crippen LogP contribution in [0.4, 0.5) is 0 Å². The van der Waals surface area contributed by atoms with Gasteiger partial charge in [-0.15, -0.1) is 11.3 Å². The molecular weight excluding hydrogens is 290 g/mol. The molecule has 1 fully saturated rings. The monoisotopic (exact) mass is 307 g/mol. The van der Waals surface area contributed by atoms with Crippen LogP contribution in [0.2, 0.25) is 0 Å². The Morgan fingerprint density at radius 2 is 2.10 bits per heavy atom. The highest BCUT2D eigenvalue weighted by Gasteiger charge is 2.22. The fraction of sp³-hybridized carbons (Fsp3) is 0.429. The Labute approximate surface area is 126 Å². The predicted molar refractivity (Wildman–Crippen MR) is 82.4 cm³/mol. The lowest BCUT2D eigenvalue weighted by molar-refractivity contribution is 0.0628. The van der Waals surface area contributed by atoms with E-state index in [9.17, 15) is 4.79 Å². The molecule has 0 bridgehead atoms. The number of aromatic nitrogens is 1. The SMILES string of the molecule is Cc1nc(CN2CCN(C(=O)c3ccsc3)CC2)cs1. The summed E-state index contributed by atoms with van der Waals surface area (Å²) in [7, 11) is 0. The Kier molecular flexibility index (Phi) is 4.14. The van der Waals surface area contributed by atoms with Gasteiger partial charge < -0.3 is 4.90 Å². The maximum absolute atomic E-state index is 12.2. The summed E-state index contributed by atoms with van der Waals surface area (Å²) >= 11 is 3.27. The fourth-order valence-corrected chi connectivity index (χ4v) is 3.62. The molecule has 2 aromatic heterocycles. The molecule has 0 unspecified atom stereocenters. The standard InChI is InChI=1S/C14H17N3OS2/c1-11-15-13(10-20-11)8-16-3-5-17(6-4-16)14(18)12-2-7-19-9-12/h2,7,9-10H,3-6,8H2,1H3. The summed E-state index contributed by atoms with van der Waals surface area (Å²) in [5.74, 6) is 0.162. The van der Waals surface area contributed by atoms with E-state index in [1.54, 1.807) is 22.7 Å². The van der Waals surface area contributed by atoms with Gasteiger partial charge in [-0.3, -0.25) is 9.69 Å². The van der Waals surface area contributed by atoms with Crippen molar-refractivity contribution in [3.8, 4) is 0 Å². The number of carbonyl (C=O) groups excluding carboxylic acids is 1. The number of thiazole rings is 1. The van der Waals surface area contributed by atoms with Crippen LogP contribution in [0.1, 0.15) is 21.1 Å². The summed E-state index contributed by atoms with van der Waals surface area (Å²) in [6.45, 7) is 6.38. The Hall–Kier alpha value is -1.24. The molecule has 0 aliphatic carbocycles. The molecule has 1 aliphatic heterocycles. The van der Waals surface area contributed by atoms with Crippen LogP contribution in [0, 0.1) is 6.92 Å². The third kappa shape index (κ3) is 3.08. The maximum atomic E-state index is 12.2. The van der Waals surface area contributed by atoms with Crippen molar-refractivity contribution in [3.63, 3.8) is 0 Å². The van der Waals surface area contributed by atoms with Gasteiger partial charge in [0.1, 0.15) is 0 Å². The zero-order valence-electron chi connectivity index (χ0n) is 11.4. The van der Waals surface area contributed by atoms with Gasteiger partial charge in [-0.2, -0.15) is 11.3 Å². The van der Waals surface area contributed by atoms with Crippen molar-refractivity contribution >= 4 is 28.6 Å². The third-order valence-corrected chi connectivity index (χ3v) is 4.99. The molecule has 0 aromatic carbocycles. The van der Waals surface area contributed by atoms with Crippen LogP contribution in [0.3, 0.4) is 0 Å². The molecule has 0 spiro atoms. The number of thiophene rings is 1. The van der Waals surface area contributed by atoms with E-state index in [1.165, 1.54) is 0 Å². The minimum atomic E-state index is 0.162. The van der Waals surface area contributed by atoms with Crippen molar-refractivity contribution in [1.82, 2.24) is 14.8 Å². The van der Waals surface area contributed by atoms with Crippen molar-refractivity contribution in [2.24, 2.45) is 0 Å². The van der Waals surface area contributed by atoms with Crippen LogP contribution < -0.4 is 0 Å². The van der Waals surface area contributed by atoms with Crippen LogP contribution >= 0.6 is 22.7 Å². The first-order valence-electron chi connectivity index (χ1n) is 6.67. The number of aryl methyl sites for hydroxylation is 1. The first-order chi connectivity index (χ1) is 9.72. The molecule has 3 heterocycles. The van der Waals surface area contributed by atoms with E-state index < -0.39 is 0 Å². The second-order valence-electron chi connectivity index (χ2n) is 4.94. The molecule has 2 aromatic rings. The largest absolute Gasteiger partial charge is 0.336 e. The van der Waals surface area contributed by atoms with Gasteiger partial charge >= 0.3 is 0 Å². The Morgan fingerprint density at radius 3 is 2.70 bits per heavy atom. The molecule has 0 N–H and O–H groups in total. The minimum Gasteiger partial charge on any atom is -0.336 e. The van der Waals surface area contributed by atoms with Gasteiger partial charge in [-0.25, -0.2) is 4.98 Å². The van der Waals surface area contributed by atoms with E-state index in [0.717, 1.165) is 49.0 Å². The van der Waals surface area contributed by atoms with Gasteiger partial charge in [0.25, 0.3) is 5.91 Å². The number of hydrogen-bond donors (Lipinski definition) is 0. The first kappa shape index (κ1) is 13.7. The molecule has 106 valence electrons. The molecular formula is C14H17N3OS2. The molecule has 4 nitrogen and oxygen atoms in total. The van der Waals surface area contributed by atoms with Crippen molar-refractivity contribution < 1.29 is 4.79 Å². The van der Waals surface area contributed by atoms with Crippen LogP contribution in [0.15, 0.2) is 22.2 Å². The van der Waals surface area contributed by atoms with Crippen molar-refractivity contribution in [2.45, 2.75) is 13.5 Å². The van der Waals surface area contributed by atoms with Crippen molar-refractivity contribution in [2.75, 3.05) is 26.2 Å². The lowest BCUT2D eigenvalue weighted by Gasteiger charge is -2.34. The summed E-state index contributed by atoms with van der Waals surface area (Å²) in [5, 5.41) is 7.12. The quantitative estimate of drug-likeness (QED) is 0.874. The predicted octanol–water partition coefficient (Wildman–Crippen LogP) is 2.47.